The smallest absolute Gasteiger partial charge is 0.354 e. The topological polar surface area (TPSA) is 68.4 Å². The van der Waals surface area contributed by atoms with Gasteiger partial charge in [0.2, 0.25) is 0 Å². The molecule has 16 heavy (non-hydrogen) atoms. The first-order valence-corrected chi connectivity index (χ1v) is 4.79. The van der Waals surface area contributed by atoms with Crippen LogP contribution in [0.1, 0.15) is 23.0 Å². The quantitative estimate of drug-likeness (QED) is 0.618. The predicted octanol–water partition coefficient (Wildman–Crippen LogP) is 1.38. The number of H-pyrrole nitrogens is 1. The van der Waals surface area contributed by atoms with E-state index in [1.165, 1.54) is 13.2 Å². The summed E-state index contributed by atoms with van der Waals surface area (Å²) in [7, 11) is 1.30. The molecule has 0 saturated heterocycles. The van der Waals surface area contributed by atoms with Crippen molar-refractivity contribution in [3.63, 3.8) is 0 Å². The minimum Gasteiger partial charge on any atom is -0.464 e. The van der Waals surface area contributed by atoms with Crippen LogP contribution < -0.4 is 0 Å². The number of nitrogens with one attached hydrogen (secondary N) is 1. The highest BCUT2D eigenvalue weighted by atomic mass is 16.5. The van der Waals surface area contributed by atoms with Crippen LogP contribution in [0.25, 0.3) is 6.08 Å². The van der Waals surface area contributed by atoms with Gasteiger partial charge in [-0.15, -0.1) is 0 Å². The van der Waals surface area contributed by atoms with Crippen LogP contribution in [0, 0.1) is 0 Å². The summed E-state index contributed by atoms with van der Waals surface area (Å²) in [5.74, 6) is -0.862. The molecule has 0 fully saturated rings. The lowest BCUT2D eigenvalue weighted by Gasteiger charge is -1.93. The first kappa shape index (κ1) is 12.0. The molecule has 0 spiro atoms. The van der Waals surface area contributed by atoms with E-state index in [4.69, 9.17) is 4.74 Å². The van der Waals surface area contributed by atoms with E-state index in [0.29, 0.717) is 17.9 Å². The number of methoxy groups -OCH3 is 1. The van der Waals surface area contributed by atoms with Crippen molar-refractivity contribution in [2.24, 2.45) is 0 Å². The number of carbonyl (C=O) groups excluding carboxylic acids is 2. The third-order valence-corrected chi connectivity index (χ3v) is 1.81. The van der Waals surface area contributed by atoms with Crippen molar-refractivity contribution in [1.29, 1.82) is 0 Å². The van der Waals surface area contributed by atoms with Gasteiger partial charge in [0, 0.05) is 12.3 Å². The molecule has 1 rings (SSSR count). The van der Waals surface area contributed by atoms with Gasteiger partial charge in [-0.1, -0.05) is 0 Å². The monoisotopic (exact) mass is 223 g/mol. The molecule has 0 bridgehead atoms. The Labute approximate surface area is 93.1 Å². The van der Waals surface area contributed by atoms with Gasteiger partial charge in [-0.3, -0.25) is 0 Å². The van der Waals surface area contributed by atoms with E-state index >= 15 is 0 Å². The lowest BCUT2D eigenvalue weighted by molar-refractivity contribution is -0.137. The summed E-state index contributed by atoms with van der Waals surface area (Å²) in [5, 5.41) is 0. The number of rotatable bonds is 4. The largest absolute Gasteiger partial charge is 0.464 e. The fraction of sp³-hybridized carbons (Fsp3) is 0.273. The Morgan fingerprint density at radius 3 is 2.88 bits per heavy atom. The van der Waals surface area contributed by atoms with Crippen LogP contribution in [0.15, 0.2) is 18.3 Å². The number of hydrogen-bond donors (Lipinski definition) is 1. The second kappa shape index (κ2) is 5.75. The molecule has 5 nitrogen and oxygen atoms in total. The summed E-state index contributed by atoms with van der Waals surface area (Å²) < 4.78 is 9.24. The first-order chi connectivity index (χ1) is 7.67. The number of esters is 2. The number of hydrogen-bond acceptors (Lipinski definition) is 4. The second-order valence-corrected chi connectivity index (χ2v) is 2.92. The van der Waals surface area contributed by atoms with Crippen molar-refractivity contribution >= 4 is 18.0 Å². The fourth-order valence-electron chi connectivity index (χ4n) is 1.09. The summed E-state index contributed by atoms with van der Waals surface area (Å²) in [6, 6.07) is 1.58. The molecule has 1 N–H and O–H groups in total. The molecule has 0 amide bonds. The summed E-state index contributed by atoms with van der Waals surface area (Å²) in [5.41, 5.74) is 1.04. The van der Waals surface area contributed by atoms with Crippen molar-refractivity contribution in [3.8, 4) is 0 Å². The molecule has 1 aromatic rings. The number of aromatic nitrogens is 1. The molecule has 0 aliphatic rings. The van der Waals surface area contributed by atoms with E-state index in [1.54, 1.807) is 25.3 Å². The number of aromatic amines is 1. The van der Waals surface area contributed by atoms with Crippen molar-refractivity contribution < 1.29 is 19.1 Å². The highest BCUT2D eigenvalue weighted by Gasteiger charge is 2.06. The molecule has 1 heterocycles. The van der Waals surface area contributed by atoms with E-state index in [2.05, 4.69) is 9.72 Å². The molecule has 0 atom stereocenters. The molecule has 86 valence electrons. The number of carbonyl (C=O) groups is 2. The van der Waals surface area contributed by atoms with Crippen LogP contribution in [0.2, 0.25) is 0 Å². The normalized spacial score (nSPS) is 10.4. The average molecular weight is 223 g/mol. The van der Waals surface area contributed by atoms with Crippen LogP contribution in [0.4, 0.5) is 0 Å². The van der Waals surface area contributed by atoms with Crippen LogP contribution in [0.5, 0.6) is 0 Å². The average Bonchev–Trinajstić information content (AvgIpc) is 2.74. The zero-order valence-electron chi connectivity index (χ0n) is 9.15. The van der Waals surface area contributed by atoms with Gasteiger partial charge in [0.1, 0.15) is 5.69 Å². The first-order valence-electron chi connectivity index (χ1n) is 4.79. The number of ether oxygens (including phenoxy) is 2. The van der Waals surface area contributed by atoms with Gasteiger partial charge >= 0.3 is 11.9 Å². The van der Waals surface area contributed by atoms with E-state index < -0.39 is 11.9 Å². The van der Waals surface area contributed by atoms with Crippen LogP contribution in [-0.4, -0.2) is 30.6 Å². The fourth-order valence-corrected chi connectivity index (χ4v) is 1.09. The van der Waals surface area contributed by atoms with Gasteiger partial charge in [-0.2, -0.15) is 0 Å². The maximum absolute atomic E-state index is 11.1. The molecule has 0 aromatic carbocycles. The second-order valence-electron chi connectivity index (χ2n) is 2.92. The predicted molar refractivity (Wildman–Crippen MR) is 57.8 cm³/mol. The lowest BCUT2D eigenvalue weighted by atomic mass is 10.3. The van der Waals surface area contributed by atoms with E-state index in [0.717, 1.165) is 0 Å². The molecule has 0 radical (unpaired) electrons. The molecule has 5 heteroatoms. The van der Waals surface area contributed by atoms with E-state index in [9.17, 15) is 9.59 Å². The third-order valence-electron chi connectivity index (χ3n) is 1.81. The highest BCUT2D eigenvalue weighted by Crippen LogP contribution is 2.06. The van der Waals surface area contributed by atoms with Crippen molar-refractivity contribution in [3.05, 3.63) is 29.6 Å². The van der Waals surface area contributed by atoms with Crippen molar-refractivity contribution in [1.82, 2.24) is 4.98 Å². The summed E-state index contributed by atoms with van der Waals surface area (Å²) in [6.45, 7) is 2.07. The van der Waals surface area contributed by atoms with E-state index in [1.807, 2.05) is 0 Å². The summed E-state index contributed by atoms with van der Waals surface area (Å²) in [4.78, 5) is 24.8. The molecule has 0 aliphatic heterocycles. The molecule has 0 unspecified atom stereocenters. The Morgan fingerprint density at radius 1 is 1.50 bits per heavy atom. The van der Waals surface area contributed by atoms with Gasteiger partial charge in [-0.05, 0) is 24.6 Å². The molecular formula is C11H13NO4. The Hall–Kier alpha value is -2.04. The Balaban J connectivity index is 2.65. The minimum absolute atomic E-state index is 0.337. The van der Waals surface area contributed by atoms with Gasteiger partial charge < -0.3 is 14.5 Å². The van der Waals surface area contributed by atoms with Crippen LogP contribution in [0.3, 0.4) is 0 Å². The standard InChI is InChI=1S/C11H13NO4/c1-3-16-10(13)5-4-8-6-9(12-7-8)11(14)15-2/h4-7,12H,3H2,1-2H3. The Kier molecular flexibility index (Phi) is 4.32. The van der Waals surface area contributed by atoms with Gasteiger partial charge in [0.05, 0.1) is 13.7 Å². The maximum Gasteiger partial charge on any atom is 0.354 e. The lowest BCUT2D eigenvalue weighted by Crippen LogP contribution is -2.00. The van der Waals surface area contributed by atoms with Crippen LogP contribution >= 0.6 is 0 Å². The Morgan fingerprint density at radius 2 is 2.25 bits per heavy atom. The molecular weight excluding hydrogens is 210 g/mol. The zero-order chi connectivity index (χ0) is 12.0. The van der Waals surface area contributed by atoms with Gasteiger partial charge in [0.15, 0.2) is 0 Å². The SMILES string of the molecule is CCOC(=O)C=Cc1c[nH]c(C(=O)OC)c1. The van der Waals surface area contributed by atoms with Crippen molar-refractivity contribution in [2.75, 3.05) is 13.7 Å². The molecule has 1 aromatic heterocycles. The maximum atomic E-state index is 11.1. The summed E-state index contributed by atoms with van der Waals surface area (Å²) >= 11 is 0. The zero-order valence-corrected chi connectivity index (χ0v) is 9.15. The van der Waals surface area contributed by atoms with Crippen LogP contribution in [-0.2, 0) is 14.3 Å². The Bertz CT molecular complexity index is 406. The van der Waals surface area contributed by atoms with E-state index in [-0.39, 0.29) is 0 Å². The molecule has 0 aliphatic carbocycles. The summed E-state index contributed by atoms with van der Waals surface area (Å²) in [6.07, 6.45) is 4.46. The highest BCUT2D eigenvalue weighted by molar-refractivity contribution is 5.90. The van der Waals surface area contributed by atoms with Gasteiger partial charge in [0.25, 0.3) is 0 Å². The third kappa shape index (κ3) is 3.27. The van der Waals surface area contributed by atoms with Gasteiger partial charge in [-0.25, -0.2) is 9.59 Å². The van der Waals surface area contributed by atoms with Crippen molar-refractivity contribution in [2.45, 2.75) is 6.92 Å². The molecule has 0 saturated carbocycles. The minimum atomic E-state index is -0.448.